The van der Waals surface area contributed by atoms with Crippen LogP contribution in [0.25, 0.3) is 0 Å². The van der Waals surface area contributed by atoms with Gasteiger partial charge in [-0.3, -0.25) is 9.48 Å². The van der Waals surface area contributed by atoms with Crippen LogP contribution in [0.3, 0.4) is 0 Å². The van der Waals surface area contributed by atoms with Gasteiger partial charge in [-0.15, -0.1) is 0 Å². The number of hydrogen-bond acceptors (Lipinski definition) is 6. The number of carbonyl (C=O) groups excluding carboxylic acids is 1. The number of carbonyl (C=O) groups is 1. The van der Waals surface area contributed by atoms with Gasteiger partial charge in [-0.2, -0.15) is 5.10 Å². The lowest BCUT2D eigenvalue weighted by molar-refractivity contribution is -0.119. The third kappa shape index (κ3) is 6.50. The van der Waals surface area contributed by atoms with E-state index in [1.54, 1.807) is 42.7 Å². The van der Waals surface area contributed by atoms with Crippen molar-refractivity contribution in [2.45, 2.75) is 45.4 Å². The molecule has 0 unspecified atom stereocenters. The number of halogens is 1. The molecule has 0 spiro atoms. The van der Waals surface area contributed by atoms with E-state index in [1.807, 2.05) is 13.8 Å². The molecule has 2 heterocycles. The summed E-state index contributed by atoms with van der Waals surface area (Å²) in [7, 11) is 0. The fourth-order valence-corrected chi connectivity index (χ4v) is 3.48. The number of aromatic nitrogens is 3. The van der Waals surface area contributed by atoms with Crippen molar-refractivity contribution in [3.05, 3.63) is 53.8 Å². The molecule has 3 rings (SSSR count). The lowest BCUT2D eigenvalue weighted by atomic mass is 9.98. The molecule has 33 heavy (non-hydrogen) atoms. The van der Waals surface area contributed by atoms with E-state index in [9.17, 15) is 15.0 Å². The van der Waals surface area contributed by atoms with Gasteiger partial charge in [0.25, 0.3) is 0 Å². The molecule has 1 amide bonds. The van der Waals surface area contributed by atoms with Gasteiger partial charge in [0.1, 0.15) is 17.5 Å². The average Bonchev–Trinajstić information content (AvgIpc) is 3.38. The molecule has 3 aromatic rings. The van der Waals surface area contributed by atoms with Gasteiger partial charge in [-0.05, 0) is 24.5 Å². The van der Waals surface area contributed by atoms with E-state index in [1.165, 1.54) is 15.3 Å². The normalized spacial score (nSPS) is 14.0. The number of aliphatic hydroxyl groups is 2. The number of anilines is 1. The number of aliphatic hydroxyl groups excluding tert-OH is 2. The third-order valence-corrected chi connectivity index (χ3v) is 5.64. The number of nitrogens with zero attached hydrogens (tertiary/aromatic N) is 3. The van der Waals surface area contributed by atoms with Crippen molar-refractivity contribution in [3.63, 3.8) is 0 Å². The van der Waals surface area contributed by atoms with E-state index in [0.717, 1.165) is 6.42 Å². The second-order valence-electron chi connectivity index (χ2n) is 7.99. The Labute approximate surface area is 197 Å². The van der Waals surface area contributed by atoms with E-state index < -0.39 is 12.1 Å². The van der Waals surface area contributed by atoms with E-state index in [-0.39, 0.29) is 30.9 Å². The predicted molar refractivity (Wildman–Crippen MR) is 125 cm³/mol. The summed E-state index contributed by atoms with van der Waals surface area (Å²) in [5.74, 6) is 0.849. The van der Waals surface area contributed by atoms with Gasteiger partial charge in [-0.1, -0.05) is 44.0 Å². The number of rotatable bonds is 11. The number of nitrogens with one attached hydrogen (secondary N) is 1. The maximum atomic E-state index is 13.2. The second-order valence-corrected chi connectivity index (χ2v) is 8.39. The smallest absolute Gasteiger partial charge is 0.248 e. The number of aromatic hydroxyl groups is 1. The zero-order valence-corrected chi connectivity index (χ0v) is 19.3. The Bertz CT molecular complexity index is 1070. The fraction of sp³-hybridized carbons (Fsp3) is 0.391. The molecule has 0 aliphatic heterocycles. The van der Waals surface area contributed by atoms with Gasteiger partial charge >= 0.3 is 0 Å². The molecule has 0 saturated carbocycles. The van der Waals surface area contributed by atoms with Crippen LogP contribution >= 0.6 is 11.6 Å². The van der Waals surface area contributed by atoms with E-state index in [0.29, 0.717) is 28.8 Å². The molecular weight excluding hydrogens is 448 g/mol. The van der Waals surface area contributed by atoms with Crippen molar-refractivity contribution in [2.24, 2.45) is 5.92 Å². The van der Waals surface area contributed by atoms with Crippen LogP contribution in [0.2, 0.25) is 5.02 Å². The van der Waals surface area contributed by atoms with Crippen molar-refractivity contribution >= 4 is 23.3 Å². The van der Waals surface area contributed by atoms with Crippen LogP contribution in [-0.4, -0.2) is 48.3 Å². The van der Waals surface area contributed by atoms with Gasteiger partial charge in [0, 0.05) is 18.3 Å². The highest BCUT2D eigenvalue weighted by molar-refractivity contribution is 6.32. The van der Waals surface area contributed by atoms with Crippen LogP contribution in [0, 0.1) is 5.92 Å². The van der Waals surface area contributed by atoms with Crippen molar-refractivity contribution in [1.29, 1.82) is 0 Å². The first-order chi connectivity index (χ1) is 15.8. The predicted octanol–water partition coefficient (Wildman–Crippen LogP) is 3.81. The minimum atomic E-state index is -0.944. The Morgan fingerprint density at radius 3 is 2.76 bits per heavy atom. The van der Waals surface area contributed by atoms with Gasteiger partial charge in [-0.25, -0.2) is 0 Å². The Morgan fingerprint density at radius 1 is 1.30 bits per heavy atom. The lowest BCUT2D eigenvalue weighted by Gasteiger charge is -2.21. The van der Waals surface area contributed by atoms with Crippen molar-refractivity contribution in [3.8, 4) is 17.4 Å². The second kappa shape index (κ2) is 11.2. The zero-order valence-electron chi connectivity index (χ0n) is 18.6. The van der Waals surface area contributed by atoms with E-state index in [2.05, 4.69) is 10.4 Å². The minimum Gasteiger partial charge on any atom is -0.494 e. The fourth-order valence-electron chi connectivity index (χ4n) is 3.31. The first-order valence-electron chi connectivity index (χ1n) is 10.8. The number of benzene rings is 1. The van der Waals surface area contributed by atoms with Crippen molar-refractivity contribution in [1.82, 2.24) is 14.3 Å². The topological polar surface area (TPSA) is 122 Å². The summed E-state index contributed by atoms with van der Waals surface area (Å²) in [4.78, 5) is 13.2. The van der Waals surface area contributed by atoms with Crippen LogP contribution in [-0.2, 0) is 11.3 Å². The molecule has 1 aromatic carbocycles. The quantitative estimate of drug-likeness (QED) is 0.334. The molecule has 0 bridgehead atoms. The molecule has 0 aliphatic carbocycles. The van der Waals surface area contributed by atoms with Crippen molar-refractivity contribution in [2.75, 3.05) is 11.9 Å². The number of amides is 1. The van der Waals surface area contributed by atoms with Crippen LogP contribution in [0.15, 0.2) is 48.8 Å². The Hall–Kier alpha value is -3.01. The summed E-state index contributed by atoms with van der Waals surface area (Å²) in [5.41, 5.74) is 0. The number of para-hydroxylation sites is 1. The molecule has 4 N–H and O–H groups in total. The molecule has 2 aromatic heterocycles. The molecular formula is C23H29ClN4O5. The highest BCUT2D eigenvalue weighted by Crippen LogP contribution is 2.35. The molecule has 10 heteroatoms. The zero-order chi connectivity index (χ0) is 24.0. The average molecular weight is 477 g/mol. The maximum absolute atomic E-state index is 13.2. The standard InChI is InChI=1S/C23H29ClN4O5/c1-3-15(2)10-19(23(32)25-21-8-9-27(26-21)12-16(30)14-29)28-13-17(11-22(28)31)33-20-7-5-4-6-18(20)24/h4-9,11,13,15-16,19,29-31H,3,10,12,14H2,1-2H3,(H,25,26,32)/t15-,16-,19+/m1/s1. The molecule has 9 nitrogen and oxygen atoms in total. The Balaban J connectivity index is 1.80. The first kappa shape index (κ1) is 24.6. The molecule has 178 valence electrons. The number of hydrogen-bond donors (Lipinski definition) is 4. The summed E-state index contributed by atoms with van der Waals surface area (Å²) < 4.78 is 8.70. The van der Waals surface area contributed by atoms with E-state index in [4.69, 9.17) is 21.4 Å². The summed E-state index contributed by atoms with van der Waals surface area (Å²) in [6.07, 6.45) is 3.57. The monoisotopic (exact) mass is 476 g/mol. The Kier molecular flexibility index (Phi) is 8.37. The van der Waals surface area contributed by atoms with Crippen LogP contribution in [0.1, 0.15) is 32.7 Å². The van der Waals surface area contributed by atoms with Gasteiger partial charge in [0.2, 0.25) is 5.91 Å². The highest BCUT2D eigenvalue weighted by Gasteiger charge is 2.26. The van der Waals surface area contributed by atoms with Crippen molar-refractivity contribution < 1.29 is 24.9 Å². The van der Waals surface area contributed by atoms with Crippen LogP contribution < -0.4 is 10.1 Å². The summed E-state index contributed by atoms with van der Waals surface area (Å²) in [5, 5.41) is 36.5. The van der Waals surface area contributed by atoms with Gasteiger partial charge in [0.05, 0.1) is 30.5 Å². The number of ether oxygens (including phenoxy) is 1. The third-order valence-electron chi connectivity index (χ3n) is 5.33. The lowest BCUT2D eigenvalue weighted by Crippen LogP contribution is -2.27. The summed E-state index contributed by atoms with van der Waals surface area (Å²) >= 11 is 6.16. The minimum absolute atomic E-state index is 0.101. The van der Waals surface area contributed by atoms with E-state index >= 15 is 0 Å². The largest absolute Gasteiger partial charge is 0.494 e. The molecule has 0 aliphatic rings. The molecule has 3 atom stereocenters. The van der Waals surface area contributed by atoms with Gasteiger partial charge in [0.15, 0.2) is 11.7 Å². The first-order valence-corrected chi connectivity index (χ1v) is 11.1. The van der Waals surface area contributed by atoms with Crippen LogP contribution in [0.4, 0.5) is 5.82 Å². The Morgan fingerprint density at radius 2 is 2.06 bits per heavy atom. The molecule has 0 saturated heterocycles. The van der Waals surface area contributed by atoms with Crippen LogP contribution in [0.5, 0.6) is 17.4 Å². The summed E-state index contributed by atoms with van der Waals surface area (Å²) in [6.45, 7) is 3.79. The highest BCUT2D eigenvalue weighted by atomic mass is 35.5. The summed E-state index contributed by atoms with van der Waals surface area (Å²) in [6, 6.07) is 9.31. The maximum Gasteiger partial charge on any atom is 0.248 e. The molecule has 0 fully saturated rings. The SMILES string of the molecule is CC[C@@H](C)C[C@@H](C(=O)Nc1ccn(C[C@@H](O)CO)n1)n1cc(Oc2ccccc2Cl)cc1O. The van der Waals surface area contributed by atoms with Gasteiger partial charge < -0.3 is 29.9 Å². The molecule has 0 radical (unpaired) electrons.